The van der Waals surface area contributed by atoms with E-state index in [9.17, 15) is 0 Å². The summed E-state index contributed by atoms with van der Waals surface area (Å²) in [6.07, 6.45) is 16.2. The molecule has 0 amide bonds. The highest BCUT2D eigenvalue weighted by Gasteiger charge is 2.27. The third-order valence-corrected chi connectivity index (χ3v) is 4.94. The van der Waals surface area contributed by atoms with Crippen molar-refractivity contribution in [2.24, 2.45) is 11.8 Å². The van der Waals surface area contributed by atoms with Crippen LogP contribution in [0.2, 0.25) is 0 Å². The third-order valence-electron chi connectivity index (χ3n) is 4.94. The highest BCUT2D eigenvalue weighted by Crippen LogP contribution is 2.35. The average Bonchev–Trinajstić information content (AvgIpc) is 2.55. The molecule has 100 valence electrons. The fourth-order valence-corrected chi connectivity index (χ4v) is 3.57. The van der Waals surface area contributed by atoms with Gasteiger partial charge in [0.05, 0.1) is 0 Å². The number of hydrogen-bond acceptors (Lipinski definition) is 1. The van der Waals surface area contributed by atoms with Crippen molar-refractivity contribution in [1.29, 1.82) is 0 Å². The zero-order valence-electron chi connectivity index (χ0n) is 11.7. The van der Waals surface area contributed by atoms with Gasteiger partial charge in [0.2, 0.25) is 0 Å². The minimum absolute atomic E-state index is 0.846. The maximum absolute atomic E-state index is 3.87. The Labute approximate surface area is 108 Å². The van der Waals surface area contributed by atoms with Gasteiger partial charge in [-0.05, 0) is 44.1 Å². The first-order valence-corrected chi connectivity index (χ1v) is 8.13. The zero-order valence-corrected chi connectivity index (χ0v) is 11.7. The van der Waals surface area contributed by atoms with Crippen LogP contribution >= 0.6 is 0 Å². The Bertz CT molecular complexity index is 190. The Morgan fingerprint density at radius 2 is 1.65 bits per heavy atom. The van der Waals surface area contributed by atoms with Gasteiger partial charge in [-0.1, -0.05) is 51.9 Å². The molecule has 1 N–H and O–H groups in total. The molecule has 1 unspecified atom stereocenters. The average molecular weight is 237 g/mol. The summed E-state index contributed by atoms with van der Waals surface area (Å²) in [6.45, 7) is 3.52. The molecule has 1 nitrogen and oxygen atoms in total. The number of rotatable bonds is 6. The lowest BCUT2D eigenvalue weighted by molar-refractivity contribution is 0.211. The van der Waals surface area contributed by atoms with Crippen LogP contribution in [0.1, 0.15) is 77.6 Å². The smallest absolute Gasteiger partial charge is 0.00979 e. The second kappa shape index (κ2) is 7.41. The first-order valence-electron chi connectivity index (χ1n) is 8.13. The van der Waals surface area contributed by atoms with Crippen LogP contribution in [0, 0.1) is 11.8 Å². The van der Waals surface area contributed by atoms with Crippen molar-refractivity contribution in [3.63, 3.8) is 0 Å². The van der Waals surface area contributed by atoms with Crippen LogP contribution in [0.4, 0.5) is 0 Å². The summed E-state index contributed by atoms with van der Waals surface area (Å²) in [5, 5.41) is 3.87. The van der Waals surface area contributed by atoms with E-state index in [2.05, 4.69) is 12.2 Å². The Morgan fingerprint density at radius 3 is 2.18 bits per heavy atom. The maximum atomic E-state index is 3.87. The summed E-state index contributed by atoms with van der Waals surface area (Å²) in [5.74, 6) is 2.05. The molecule has 2 fully saturated rings. The summed E-state index contributed by atoms with van der Waals surface area (Å²) in [6, 6.07) is 0.846. The van der Waals surface area contributed by atoms with Crippen molar-refractivity contribution in [1.82, 2.24) is 5.32 Å². The van der Waals surface area contributed by atoms with Gasteiger partial charge in [-0.15, -0.1) is 0 Å². The SMILES string of the molecule is CCCNC(CC1CCC1)C1CCCCCC1. The van der Waals surface area contributed by atoms with E-state index < -0.39 is 0 Å². The topological polar surface area (TPSA) is 12.0 Å². The van der Waals surface area contributed by atoms with E-state index in [-0.39, 0.29) is 0 Å². The van der Waals surface area contributed by atoms with E-state index in [1.54, 1.807) is 0 Å². The Hall–Kier alpha value is -0.0400. The number of nitrogens with one attached hydrogen (secondary N) is 1. The molecule has 2 rings (SSSR count). The second-order valence-electron chi connectivity index (χ2n) is 6.34. The lowest BCUT2D eigenvalue weighted by atomic mass is 9.77. The molecule has 1 heteroatoms. The van der Waals surface area contributed by atoms with Crippen LogP contribution in [0.5, 0.6) is 0 Å². The van der Waals surface area contributed by atoms with Crippen molar-refractivity contribution in [3.8, 4) is 0 Å². The van der Waals surface area contributed by atoms with E-state index in [4.69, 9.17) is 0 Å². The van der Waals surface area contributed by atoms with Gasteiger partial charge in [-0.2, -0.15) is 0 Å². The highest BCUT2D eigenvalue weighted by atomic mass is 14.9. The molecule has 0 aliphatic heterocycles. The van der Waals surface area contributed by atoms with Crippen LogP contribution < -0.4 is 5.32 Å². The third kappa shape index (κ3) is 4.28. The summed E-state index contributed by atoms with van der Waals surface area (Å²) in [4.78, 5) is 0. The largest absolute Gasteiger partial charge is 0.314 e. The second-order valence-corrected chi connectivity index (χ2v) is 6.34. The molecule has 1 atom stereocenters. The molecule has 0 saturated heterocycles. The van der Waals surface area contributed by atoms with Gasteiger partial charge >= 0.3 is 0 Å². The predicted molar refractivity (Wildman–Crippen MR) is 75.2 cm³/mol. The van der Waals surface area contributed by atoms with Gasteiger partial charge in [0.1, 0.15) is 0 Å². The fraction of sp³-hybridized carbons (Fsp3) is 1.00. The molecule has 0 aromatic rings. The Balaban J connectivity index is 1.82. The highest BCUT2D eigenvalue weighted by molar-refractivity contribution is 4.83. The van der Waals surface area contributed by atoms with E-state index in [0.717, 1.165) is 17.9 Å². The standard InChI is InChI=1S/C16H31N/c1-2-12-17-16(13-14-8-7-9-14)15-10-5-3-4-6-11-15/h14-17H,2-13H2,1H3. The molecule has 0 aromatic carbocycles. The van der Waals surface area contributed by atoms with Crippen LogP contribution in [0.25, 0.3) is 0 Å². The van der Waals surface area contributed by atoms with Gasteiger partial charge in [0.25, 0.3) is 0 Å². The van der Waals surface area contributed by atoms with E-state index >= 15 is 0 Å². The van der Waals surface area contributed by atoms with E-state index in [1.807, 2.05) is 0 Å². The molecule has 0 heterocycles. The molecule has 0 spiro atoms. The van der Waals surface area contributed by atoms with Gasteiger partial charge in [0.15, 0.2) is 0 Å². The van der Waals surface area contributed by atoms with Crippen molar-refractivity contribution in [2.75, 3.05) is 6.54 Å². The fourth-order valence-electron chi connectivity index (χ4n) is 3.57. The summed E-state index contributed by atoms with van der Waals surface area (Å²) in [5.41, 5.74) is 0. The molecular weight excluding hydrogens is 206 g/mol. The van der Waals surface area contributed by atoms with Crippen molar-refractivity contribution < 1.29 is 0 Å². The lowest BCUT2D eigenvalue weighted by Crippen LogP contribution is -2.39. The molecule has 0 bridgehead atoms. The quantitative estimate of drug-likeness (QED) is 0.670. The van der Waals surface area contributed by atoms with Gasteiger partial charge < -0.3 is 5.32 Å². The zero-order chi connectivity index (χ0) is 11.9. The molecule has 2 aliphatic carbocycles. The van der Waals surface area contributed by atoms with Gasteiger partial charge in [0, 0.05) is 6.04 Å². The maximum Gasteiger partial charge on any atom is 0.00979 e. The first kappa shape index (κ1) is 13.4. The van der Waals surface area contributed by atoms with Crippen molar-refractivity contribution in [3.05, 3.63) is 0 Å². The molecule has 0 radical (unpaired) electrons. The Morgan fingerprint density at radius 1 is 0.941 bits per heavy atom. The van der Waals surface area contributed by atoms with Crippen LogP contribution in [0.15, 0.2) is 0 Å². The van der Waals surface area contributed by atoms with Crippen molar-refractivity contribution in [2.45, 2.75) is 83.6 Å². The van der Waals surface area contributed by atoms with E-state index in [0.29, 0.717) is 0 Å². The molecule has 17 heavy (non-hydrogen) atoms. The molecule has 2 saturated carbocycles. The molecule has 0 aromatic heterocycles. The first-order chi connectivity index (χ1) is 8.40. The minimum Gasteiger partial charge on any atom is -0.314 e. The predicted octanol–water partition coefficient (Wildman–Crippen LogP) is 4.52. The normalized spacial score (nSPS) is 25.2. The number of hydrogen-bond donors (Lipinski definition) is 1. The van der Waals surface area contributed by atoms with Crippen LogP contribution in [-0.2, 0) is 0 Å². The molecular formula is C16H31N. The van der Waals surface area contributed by atoms with Crippen molar-refractivity contribution >= 4 is 0 Å². The lowest BCUT2D eigenvalue weighted by Gasteiger charge is -2.34. The van der Waals surface area contributed by atoms with Crippen LogP contribution in [0.3, 0.4) is 0 Å². The van der Waals surface area contributed by atoms with Crippen LogP contribution in [-0.4, -0.2) is 12.6 Å². The summed E-state index contributed by atoms with van der Waals surface area (Å²) < 4.78 is 0. The molecule has 2 aliphatic rings. The Kier molecular flexibility index (Phi) is 5.84. The minimum atomic E-state index is 0.846. The van der Waals surface area contributed by atoms with Gasteiger partial charge in [-0.3, -0.25) is 0 Å². The summed E-state index contributed by atoms with van der Waals surface area (Å²) >= 11 is 0. The monoisotopic (exact) mass is 237 g/mol. The summed E-state index contributed by atoms with van der Waals surface area (Å²) in [7, 11) is 0. The van der Waals surface area contributed by atoms with Gasteiger partial charge in [-0.25, -0.2) is 0 Å². The van der Waals surface area contributed by atoms with E-state index in [1.165, 1.54) is 77.2 Å².